The molecule has 1 amide bonds. The third kappa shape index (κ3) is 2.89. The van der Waals surface area contributed by atoms with Crippen LogP contribution in [0.25, 0.3) is 0 Å². The number of nitrogens with one attached hydrogen (secondary N) is 2. The minimum atomic E-state index is -0.0198. The number of hydrogen-bond donors (Lipinski definition) is 2. The zero-order chi connectivity index (χ0) is 13.0. The van der Waals surface area contributed by atoms with Crippen molar-refractivity contribution in [3.8, 4) is 0 Å². The van der Waals surface area contributed by atoms with E-state index in [0.29, 0.717) is 6.61 Å². The van der Waals surface area contributed by atoms with Crippen molar-refractivity contribution in [2.75, 3.05) is 13.7 Å². The number of carbonyl (C=O) groups excluding carboxylic acids is 1. The van der Waals surface area contributed by atoms with Crippen LogP contribution in [-0.2, 0) is 17.8 Å². The molecular formula is C14H20N2O2. The van der Waals surface area contributed by atoms with Gasteiger partial charge in [-0.25, -0.2) is 0 Å². The largest absolute Gasteiger partial charge is 0.383 e. The second-order valence-corrected chi connectivity index (χ2v) is 4.62. The lowest BCUT2D eigenvalue weighted by molar-refractivity contribution is 0.0894. The molecule has 4 nitrogen and oxygen atoms in total. The molecule has 2 N–H and O–H groups in total. The van der Waals surface area contributed by atoms with Crippen LogP contribution in [0.3, 0.4) is 0 Å². The van der Waals surface area contributed by atoms with E-state index in [1.807, 2.05) is 25.1 Å². The third-order valence-corrected chi connectivity index (χ3v) is 3.30. The summed E-state index contributed by atoms with van der Waals surface area (Å²) in [5.74, 6) is -0.0198. The Morgan fingerprint density at radius 1 is 1.44 bits per heavy atom. The quantitative estimate of drug-likeness (QED) is 0.829. The minimum Gasteiger partial charge on any atom is -0.383 e. The topological polar surface area (TPSA) is 50.4 Å². The third-order valence-electron chi connectivity index (χ3n) is 3.30. The summed E-state index contributed by atoms with van der Waals surface area (Å²) in [6.07, 6.45) is 0.867. The van der Waals surface area contributed by atoms with Gasteiger partial charge in [0.25, 0.3) is 5.91 Å². The number of benzene rings is 1. The van der Waals surface area contributed by atoms with Gasteiger partial charge < -0.3 is 15.4 Å². The summed E-state index contributed by atoms with van der Waals surface area (Å²) >= 11 is 0. The fourth-order valence-corrected chi connectivity index (χ4v) is 2.17. The molecule has 1 unspecified atom stereocenters. The van der Waals surface area contributed by atoms with Crippen LogP contribution in [0.1, 0.15) is 34.8 Å². The van der Waals surface area contributed by atoms with Gasteiger partial charge in [-0.15, -0.1) is 0 Å². The van der Waals surface area contributed by atoms with E-state index in [9.17, 15) is 4.79 Å². The Bertz CT molecular complexity index is 432. The van der Waals surface area contributed by atoms with Crippen LogP contribution in [0.2, 0.25) is 0 Å². The molecule has 0 bridgehead atoms. The van der Waals surface area contributed by atoms with Crippen LogP contribution < -0.4 is 10.6 Å². The maximum atomic E-state index is 12.1. The summed E-state index contributed by atoms with van der Waals surface area (Å²) in [4.78, 5) is 12.1. The molecule has 0 radical (unpaired) electrons. The highest BCUT2D eigenvalue weighted by atomic mass is 16.5. The molecule has 2 rings (SSSR count). The van der Waals surface area contributed by atoms with Gasteiger partial charge in [-0.1, -0.05) is 13.0 Å². The Morgan fingerprint density at radius 2 is 2.22 bits per heavy atom. The van der Waals surface area contributed by atoms with E-state index < -0.39 is 0 Å². The second-order valence-electron chi connectivity index (χ2n) is 4.62. The molecule has 0 spiro atoms. The van der Waals surface area contributed by atoms with E-state index >= 15 is 0 Å². The molecule has 1 heterocycles. The maximum Gasteiger partial charge on any atom is 0.251 e. The molecule has 0 saturated carbocycles. The summed E-state index contributed by atoms with van der Waals surface area (Å²) in [5.41, 5.74) is 3.24. The van der Waals surface area contributed by atoms with Crippen molar-refractivity contribution < 1.29 is 9.53 Å². The molecule has 1 aliphatic heterocycles. The van der Waals surface area contributed by atoms with Crippen LogP contribution in [0, 0.1) is 0 Å². The van der Waals surface area contributed by atoms with Crippen molar-refractivity contribution in [1.82, 2.24) is 10.6 Å². The summed E-state index contributed by atoms with van der Waals surface area (Å²) < 4.78 is 5.08. The molecule has 0 saturated heterocycles. The molecule has 1 aliphatic rings. The van der Waals surface area contributed by atoms with Gasteiger partial charge in [-0.05, 0) is 29.7 Å². The predicted molar refractivity (Wildman–Crippen MR) is 70.4 cm³/mol. The van der Waals surface area contributed by atoms with E-state index in [1.54, 1.807) is 7.11 Å². The molecule has 0 aliphatic carbocycles. The summed E-state index contributed by atoms with van der Waals surface area (Å²) in [5, 5.41) is 6.27. The van der Waals surface area contributed by atoms with Crippen LogP contribution in [0.4, 0.5) is 0 Å². The van der Waals surface area contributed by atoms with E-state index in [0.717, 1.165) is 25.1 Å². The Hall–Kier alpha value is -1.39. The highest BCUT2D eigenvalue weighted by molar-refractivity contribution is 5.94. The molecule has 0 fully saturated rings. The smallest absolute Gasteiger partial charge is 0.251 e. The Morgan fingerprint density at radius 3 is 2.94 bits per heavy atom. The highest BCUT2D eigenvalue weighted by Crippen LogP contribution is 2.17. The molecule has 4 heteroatoms. The lowest BCUT2D eigenvalue weighted by Crippen LogP contribution is -2.37. The van der Waals surface area contributed by atoms with Gasteiger partial charge in [0, 0.05) is 25.8 Å². The van der Waals surface area contributed by atoms with Gasteiger partial charge >= 0.3 is 0 Å². The first kappa shape index (κ1) is 13.1. The zero-order valence-corrected chi connectivity index (χ0v) is 11.0. The maximum absolute atomic E-state index is 12.1. The Balaban J connectivity index is 2.04. The number of hydrogen-bond acceptors (Lipinski definition) is 3. The van der Waals surface area contributed by atoms with Gasteiger partial charge in [0.15, 0.2) is 0 Å². The molecular weight excluding hydrogens is 228 g/mol. The molecule has 1 aromatic carbocycles. The fourth-order valence-electron chi connectivity index (χ4n) is 2.17. The normalized spacial score (nSPS) is 15.2. The first-order valence-corrected chi connectivity index (χ1v) is 6.37. The van der Waals surface area contributed by atoms with Crippen molar-refractivity contribution >= 4 is 5.91 Å². The molecule has 0 aromatic heterocycles. The minimum absolute atomic E-state index is 0.0198. The summed E-state index contributed by atoms with van der Waals surface area (Å²) in [6.45, 7) is 4.34. The SMILES string of the molecule is CCC(COC)NC(=O)c1ccc2c(c1)CNC2. The van der Waals surface area contributed by atoms with E-state index in [2.05, 4.69) is 10.6 Å². The summed E-state index contributed by atoms with van der Waals surface area (Å²) in [6, 6.07) is 5.97. The van der Waals surface area contributed by atoms with Crippen LogP contribution >= 0.6 is 0 Å². The van der Waals surface area contributed by atoms with Crippen molar-refractivity contribution in [3.63, 3.8) is 0 Å². The molecule has 18 heavy (non-hydrogen) atoms. The highest BCUT2D eigenvalue weighted by Gasteiger charge is 2.15. The standard InChI is InChI=1S/C14H20N2O2/c1-3-13(9-18-2)16-14(17)10-4-5-11-7-15-8-12(11)6-10/h4-6,13,15H,3,7-9H2,1-2H3,(H,16,17). The van der Waals surface area contributed by atoms with Gasteiger partial charge in [0.05, 0.1) is 12.6 Å². The lowest BCUT2D eigenvalue weighted by Gasteiger charge is -2.16. The Kier molecular flexibility index (Phi) is 4.33. The van der Waals surface area contributed by atoms with Gasteiger partial charge in [0.1, 0.15) is 0 Å². The predicted octanol–water partition coefficient (Wildman–Crippen LogP) is 1.44. The van der Waals surface area contributed by atoms with Crippen molar-refractivity contribution in [2.24, 2.45) is 0 Å². The average Bonchev–Trinajstić information content (AvgIpc) is 2.85. The van der Waals surface area contributed by atoms with Gasteiger partial charge in [0.2, 0.25) is 0 Å². The van der Waals surface area contributed by atoms with E-state index in [-0.39, 0.29) is 11.9 Å². The number of methoxy groups -OCH3 is 1. The molecule has 1 aromatic rings. The van der Waals surface area contributed by atoms with E-state index in [4.69, 9.17) is 4.74 Å². The Labute approximate surface area is 108 Å². The van der Waals surface area contributed by atoms with E-state index in [1.165, 1.54) is 11.1 Å². The average molecular weight is 248 g/mol. The summed E-state index contributed by atoms with van der Waals surface area (Å²) in [7, 11) is 1.65. The first-order chi connectivity index (χ1) is 8.74. The van der Waals surface area contributed by atoms with Gasteiger partial charge in [-0.3, -0.25) is 4.79 Å². The first-order valence-electron chi connectivity index (χ1n) is 6.37. The van der Waals surface area contributed by atoms with Crippen LogP contribution in [-0.4, -0.2) is 25.7 Å². The number of rotatable bonds is 5. The van der Waals surface area contributed by atoms with Crippen LogP contribution in [0.5, 0.6) is 0 Å². The van der Waals surface area contributed by atoms with Crippen LogP contribution in [0.15, 0.2) is 18.2 Å². The molecule has 1 atom stereocenters. The molecule has 98 valence electrons. The zero-order valence-electron chi connectivity index (χ0n) is 11.0. The number of fused-ring (bicyclic) bond motifs is 1. The number of amides is 1. The van der Waals surface area contributed by atoms with Crippen molar-refractivity contribution in [3.05, 3.63) is 34.9 Å². The van der Waals surface area contributed by atoms with Crippen molar-refractivity contribution in [1.29, 1.82) is 0 Å². The number of ether oxygens (including phenoxy) is 1. The second kappa shape index (κ2) is 5.98. The number of carbonyl (C=O) groups is 1. The monoisotopic (exact) mass is 248 g/mol. The fraction of sp³-hybridized carbons (Fsp3) is 0.500. The van der Waals surface area contributed by atoms with Gasteiger partial charge in [-0.2, -0.15) is 0 Å². The lowest BCUT2D eigenvalue weighted by atomic mass is 10.1. The van der Waals surface area contributed by atoms with Crippen molar-refractivity contribution in [2.45, 2.75) is 32.5 Å².